The van der Waals surface area contributed by atoms with Crippen molar-refractivity contribution in [2.75, 3.05) is 46.9 Å². The fourth-order valence-electron chi connectivity index (χ4n) is 8.88. The lowest BCUT2D eigenvalue weighted by molar-refractivity contribution is -0.146. The fraction of sp³-hybridized carbons (Fsp3) is 0.522. The number of halogens is 6. The van der Waals surface area contributed by atoms with Crippen molar-refractivity contribution in [3.05, 3.63) is 106 Å². The molecule has 5 atom stereocenters. The summed E-state index contributed by atoms with van der Waals surface area (Å²) in [6.45, 7) is 11.4. The first-order chi connectivity index (χ1) is 30.0. The number of carbonyl (C=O) groups excluding carboxylic acids is 2. The minimum Gasteiger partial charge on any atom is -0.476 e. The van der Waals surface area contributed by atoms with Gasteiger partial charge in [0, 0.05) is 81.1 Å². The number of aryl methyl sites for hydroxylation is 2. The SMILES string of the molecule is Cc1ncccc1[C@H]1CNC(c2ccc([C@@H]3CNCC[C@H]3N(C)C(=O)C(C)(C)COc3ncccc3C(F)(F)F)c(C)n2)C[C@@H]1N(C)C(=O)C(C)(C)COc1ncccc1C(F)(F)F. The highest BCUT2D eigenvalue weighted by atomic mass is 19.4. The van der Waals surface area contributed by atoms with Crippen LogP contribution < -0.4 is 20.1 Å². The average molecular weight is 899 g/mol. The average Bonchev–Trinajstić information content (AvgIpc) is 3.26. The molecule has 2 saturated heterocycles. The second kappa shape index (κ2) is 19.0. The molecule has 6 heterocycles. The Labute approximate surface area is 369 Å². The van der Waals surface area contributed by atoms with E-state index in [1.165, 1.54) is 24.5 Å². The van der Waals surface area contributed by atoms with Gasteiger partial charge < -0.3 is 29.9 Å². The lowest BCUT2D eigenvalue weighted by atomic mass is 9.80. The lowest BCUT2D eigenvalue weighted by Gasteiger charge is -2.44. The van der Waals surface area contributed by atoms with Gasteiger partial charge in [0.25, 0.3) is 0 Å². The largest absolute Gasteiger partial charge is 0.476 e. The molecule has 0 spiro atoms. The van der Waals surface area contributed by atoms with Crippen LogP contribution in [0.1, 0.15) is 97.7 Å². The Morgan fingerprint density at radius 1 is 0.688 bits per heavy atom. The van der Waals surface area contributed by atoms with E-state index in [1.54, 1.807) is 57.8 Å². The summed E-state index contributed by atoms with van der Waals surface area (Å²) in [5, 5.41) is 7.09. The van der Waals surface area contributed by atoms with Gasteiger partial charge in [-0.3, -0.25) is 19.6 Å². The monoisotopic (exact) mass is 898 g/mol. The summed E-state index contributed by atoms with van der Waals surface area (Å²) in [5.74, 6) is -2.13. The Morgan fingerprint density at radius 2 is 1.19 bits per heavy atom. The summed E-state index contributed by atoms with van der Waals surface area (Å²) in [6.07, 6.45) is -4.16. The van der Waals surface area contributed by atoms with Gasteiger partial charge in [-0.25, -0.2) is 9.97 Å². The Morgan fingerprint density at radius 3 is 1.72 bits per heavy atom. The molecule has 346 valence electrons. The van der Waals surface area contributed by atoms with E-state index < -0.39 is 46.1 Å². The quantitative estimate of drug-likeness (QED) is 0.129. The summed E-state index contributed by atoms with van der Waals surface area (Å²) in [6, 6.07) is 11.0. The zero-order chi connectivity index (χ0) is 46.8. The zero-order valence-electron chi connectivity index (χ0n) is 37.3. The number of aromatic nitrogens is 4. The first-order valence-corrected chi connectivity index (χ1v) is 21.2. The Bertz CT molecular complexity index is 2290. The van der Waals surface area contributed by atoms with Crippen LogP contribution in [0.25, 0.3) is 0 Å². The molecule has 12 nitrogen and oxygen atoms in total. The highest BCUT2D eigenvalue weighted by Gasteiger charge is 2.44. The molecule has 2 aliphatic heterocycles. The van der Waals surface area contributed by atoms with Gasteiger partial charge in [-0.15, -0.1) is 0 Å². The van der Waals surface area contributed by atoms with Crippen LogP contribution in [-0.4, -0.2) is 101 Å². The van der Waals surface area contributed by atoms with E-state index in [0.717, 1.165) is 40.3 Å². The molecule has 64 heavy (non-hydrogen) atoms. The van der Waals surface area contributed by atoms with Gasteiger partial charge in [0.2, 0.25) is 23.6 Å². The number of hydrogen-bond donors (Lipinski definition) is 2. The second-order valence-corrected chi connectivity index (χ2v) is 18.0. The van der Waals surface area contributed by atoms with Gasteiger partial charge >= 0.3 is 12.4 Å². The molecule has 18 heteroatoms. The molecule has 0 bridgehead atoms. The molecule has 0 radical (unpaired) electrons. The maximum Gasteiger partial charge on any atom is 0.421 e. The molecule has 2 aliphatic rings. The Hall–Kier alpha value is -5.36. The molecular formula is C46H56F6N8O4. The number of piperidine rings is 2. The van der Waals surface area contributed by atoms with Crippen LogP contribution in [0, 0.1) is 24.7 Å². The second-order valence-electron chi connectivity index (χ2n) is 18.0. The Kier molecular flexibility index (Phi) is 14.3. The van der Waals surface area contributed by atoms with Crippen LogP contribution in [0.5, 0.6) is 11.8 Å². The summed E-state index contributed by atoms with van der Waals surface area (Å²) in [7, 11) is 3.42. The summed E-state index contributed by atoms with van der Waals surface area (Å²) in [4.78, 5) is 48.9. The van der Waals surface area contributed by atoms with Gasteiger partial charge in [-0.1, -0.05) is 12.1 Å². The summed E-state index contributed by atoms with van der Waals surface area (Å²) >= 11 is 0. The number of hydrogen-bond acceptors (Lipinski definition) is 10. The van der Waals surface area contributed by atoms with Crippen molar-refractivity contribution in [3.63, 3.8) is 0 Å². The fourth-order valence-corrected chi connectivity index (χ4v) is 8.88. The molecule has 1 unspecified atom stereocenters. The lowest BCUT2D eigenvalue weighted by Crippen LogP contribution is -2.54. The smallest absolute Gasteiger partial charge is 0.421 e. The van der Waals surface area contributed by atoms with Crippen LogP contribution in [0.2, 0.25) is 0 Å². The standard InChI is InChI=1S/C46H56F6N8O4/c1-27-29(12-9-18-54-27)32-24-57-36(22-38(32)60(8)42(62)44(5,6)26-64-40-34(46(50,51)52)14-11-20-56-40)35-16-15-30(28(2)58-35)31-23-53-21-17-37(31)59(7)41(61)43(3,4)25-63-39-33(45(47,48)49)13-10-19-55-39/h9-16,18-20,31-32,36-38,53,57H,17,21-26H2,1-8H3/t31-,32+,36?,37+,38-/m0/s1. The van der Waals surface area contributed by atoms with Crippen molar-refractivity contribution in [1.29, 1.82) is 0 Å². The highest BCUT2D eigenvalue weighted by molar-refractivity contribution is 5.83. The van der Waals surface area contributed by atoms with Crippen LogP contribution >= 0.6 is 0 Å². The van der Waals surface area contributed by atoms with Crippen molar-refractivity contribution < 1.29 is 45.4 Å². The summed E-state index contributed by atoms with van der Waals surface area (Å²) < 4.78 is 93.2. The minimum absolute atomic E-state index is 0.162. The van der Waals surface area contributed by atoms with E-state index in [0.29, 0.717) is 32.5 Å². The first kappa shape index (κ1) is 48.1. The normalized spacial score (nSPS) is 20.9. The minimum atomic E-state index is -4.69. The third-order valence-electron chi connectivity index (χ3n) is 12.4. The predicted molar refractivity (Wildman–Crippen MR) is 226 cm³/mol. The molecule has 6 rings (SSSR count). The van der Waals surface area contributed by atoms with Crippen LogP contribution in [0.3, 0.4) is 0 Å². The van der Waals surface area contributed by atoms with E-state index in [2.05, 4.69) is 25.6 Å². The van der Waals surface area contributed by atoms with Crippen molar-refractivity contribution in [2.24, 2.45) is 10.8 Å². The predicted octanol–water partition coefficient (Wildman–Crippen LogP) is 7.68. The molecular weight excluding hydrogens is 843 g/mol. The maximum absolute atomic E-state index is 14.4. The van der Waals surface area contributed by atoms with E-state index in [-0.39, 0.29) is 55.0 Å². The molecule has 4 aromatic rings. The van der Waals surface area contributed by atoms with Gasteiger partial charge in [0.15, 0.2) is 0 Å². The van der Waals surface area contributed by atoms with Gasteiger partial charge in [0.1, 0.15) is 24.3 Å². The molecule has 4 aromatic heterocycles. The number of pyridine rings is 4. The van der Waals surface area contributed by atoms with Crippen molar-refractivity contribution in [3.8, 4) is 11.8 Å². The van der Waals surface area contributed by atoms with Crippen molar-refractivity contribution >= 4 is 11.8 Å². The number of likely N-dealkylation sites (N-methyl/N-ethyl adjacent to an activating group) is 2. The summed E-state index contributed by atoms with van der Waals surface area (Å²) in [5.41, 5.74) is -0.249. The molecule has 0 aliphatic carbocycles. The zero-order valence-corrected chi connectivity index (χ0v) is 37.3. The number of rotatable bonds is 13. The number of amides is 2. The highest BCUT2D eigenvalue weighted by Crippen LogP contribution is 2.40. The number of ether oxygens (including phenoxy) is 2. The van der Waals surface area contributed by atoms with Crippen LogP contribution in [-0.2, 0) is 21.9 Å². The van der Waals surface area contributed by atoms with Gasteiger partial charge in [-0.05, 0) is 108 Å². The molecule has 0 aromatic carbocycles. The third kappa shape index (κ3) is 10.6. The van der Waals surface area contributed by atoms with E-state index >= 15 is 0 Å². The van der Waals surface area contributed by atoms with E-state index in [1.807, 2.05) is 38.1 Å². The number of carbonyl (C=O) groups is 2. The maximum atomic E-state index is 14.4. The third-order valence-corrected chi connectivity index (χ3v) is 12.4. The number of nitrogens with zero attached hydrogens (tertiary/aromatic N) is 6. The van der Waals surface area contributed by atoms with Gasteiger partial charge in [-0.2, -0.15) is 26.3 Å². The molecule has 0 saturated carbocycles. The Balaban J connectivity index is 1.20. The number of alkyl halides is 6. The number of nitrogens with one attached hydrogen (secondary N) is 2. The van der Waals surface area contributed by atoms with E-state index in [9.17, 15) is 35.9 Å². The molecule has 2 N–H and O–H groups in total. The first-order valence-electron chi connectivity index (χ1n) is 21.2. The molecule has 2 amide bonds. The van der Waals surface area contributed by atoms with E-state index in [4.69, 9.17) is 14.5 Å². The van der Waals surface area contributed by atoms with Gasteiger partial charge in [0.05, 0.1) is 22.6 Å². The van der Waals surface area contributed by atoms with Crippen LogP contribution in [0.4, 0.5) is 26.3 Å². The van der Waals surface area contributed by atoms with Crippen molar-refractivity contribution in [1.82, 2.24) is 40.4 Å². The molecule has 2 fully saturated rings. The van der Waals surface area contributed by atoms with Crippen LogP contribution in [0.15, 0.2) is 67.1 Å². The van der Waals surface area contributed by atoms with Crippen molar-refractivity contribution in [2.45, 2.75) is 96.7 Å². The topological polar surface area (TPSA) is 135 Å².